The van der Waals surface area contributed by atoms with E-state index in [9.17, 15) is 4.79 Å². The van der Waals surface area contributed by atoms with Crippen molar-refractivity contribution in [2.75, 3.05) is 18.9 Å². The van der Waals surface area contributed by atoms with Gasteiger partial charge in [-0.2, -0.15) is 10.2 Å². The lowest BCUT2D eigenvalue weighted by atomic mass is 9.95. The van der Waals surface area contributed by atoms with E-state index in [1.807, 2.05) is 6.92 Å². The number of hydrogen-bond donors (Lipinski definition) is 3. The molecule has 140 valence electrons. The Balaban J connectivity index is 1.68. The molecule has 9 heteroatoms. The molecule has 0 bridgehead atoms. The summed E-state index contributed by atoms with van der Waals surface area (Å²) in [6.45, 7) is 2.97. The van der Waals surface area contributed by atoms with Gasteiger partial charge < -0.3 is 10.2 Å². The highest BCUT2D eigenvalue weighted by atomic mass is 35.5. The number of fused-ring (bicyclic) bond motifs is 1. The molecule has 1 unspecified atom stereocenters. The van der Waals surface area contributed by atoms with E-state index in [0.717, 1.165) is 23.5 Å². The maximum Gasteiger partial charge on any atom is 0.256 e. The molecule has 3 aromatic rings. The van der Waals surface area contributed by atoms with Crippen molar-refractivity contribution in [1.82, 2.24) is 30.3 Å². The number of carbonyl (C=O) groups is 1. The van der Waals surface area contributed by atoms with Crippen molar-refractivity contribution < 1.29 is 4.79 Å². The van der Waals surface area contributed by atoms with E-state index < -0.39 is 0 Å². The summed E-state index contributed by atoms with van der Waals surface area (Å²) in [4.78, 5) is 19.6. The van der Waals surface area contributed by atoms with E-state index in [0.29, 0.717) is 35.2 Å². The third-order valence-corrected chi connectivity index (χ3v) is 5.06. The SMILES string of the molecule is CCc1nc(C2CN(C(=O)c3ccc(Cl)cc3NC)Cc3cn[nH]c32)n[nH]1. The van der Waals surface area contributed by atoms with Crippen LogP contribution in [-0.2, 0) is 13.0 Å². The van der Waals surface area contributed by atoms with Gasteiger partial charge in [0.25, 0.3) is 5.91 Å². The highest BCUT2D eigenvalue weighted by Gasteiger charge is 2.34. The van der Waals surface area contributed by atoms with Crippen LogP contribution in [0.1, 0.15) is 46.1 Å². The van der Waals surface area contributed by atoms with Crippen molar-refractivity contribution in [2.45, 2.75) is 25.8 Å². The summed E-state index contributed by atoms with van der Waals surface area (Å²) < 4.78 is 0. The molecule has 1 amide bonds. The quantitative estimate of drug-likeness (QED) is 0.640. The number of anilines is 1. The lowest BCUT2D eigenvalue weighted by Gasteiger charge is -2.31. The maximum atomic E-state index is 13.2. The van der Waals surface area contributed by atoms with Crippen LogP contribution in [0.3, 0.4) is 0 Å². The molecule has 1 atom stereocenters. The van der Waals surface area contributed by atoms with E-state index in [1.54, 1.807) is 36.3 Å². The van der Waals surface area contributed by atoms with Gasteiger partial charge in [-0.05, 0) is 18.2 Å². The Labute approximate surface area is 161 Å². The van der Waals surface area contributed by atoms with Crippen LogP contribution in [0.25, 0.3) is 0 Å². The topological polar surface area (TPSA) is 103 Å². The molecule has 1 aliphatic heterocycles. The average Bonchev–Trinajstić information content (AvgIpc) is 3.35. The van der Waals surface area contributed by atoms with Crippen LogP contribution in [0.2, 0.25) is 5.02 Å². The van der Waals surface area contributed by atoms with Crippen molar-refractivity contribution in [3.05, 3.63) is 57.9 Å². The van der Waals surface area contributed by atoms with Crippen molar-refractivity contribution in [3.8, 4) is 0 Å². The zero-order chi connectivity index (χ0) is 19.0. The Kier molecular flexibility index (Phi) is 4.57. The number of amides is 1. The normalized spacial score (nSPS) is 16.3. The lowest BCUT2D eigenvalue weighted by Crippen LogP contribution is -2.39. The largest absolute Gasteiger partial charge is 0.387 e. The van der Waals surface area contributed by atoms with Crippen molar-refractivity contribution in [2.24, 2.45) is 0 Å². The molecule has 3 N–H and O–H groups in total. The van der Waals surface area contributed by atoms with Crippen LogP contribution in [0, 0.1) is 0 Å². The Morgan fingerprint density at radius 3 is 3.00 bits per heavy atom. The molecule has 0 radical (unpaired) electrons. The molecule has 1 aromatic carbocycles. The molecule has 0 fully saturated rings. The van der Waals surface area contributed by atoms with Gasteiger partial charge in [-0.25, -0.2) is 4.98 Å². The zero-order valence-electron chi connectivity index (χ0n) is 15.1. The number of aryl methyl sites for hydroxylation is 1. The molecule has 0 saturated heterocycles. The number of aromatic amines is 2. The van der Waals surface area contributed by atoms with E-state index in [1.165, 1.54) is 0 Å². The zero-order valence-corrected chi connectivity index (χ0v) is 15.8. The first-order valence-electron chi connectivity index (χ1n) is 8.80. The highest BCUT2D eigenvalue weighted by Crippen LogP contribution is 2.32. The summed E-state index contributed by atoms with van der Waals surface area (Å²) in [6, 6.07) is 5.23. The van der Waals surface area contributed by atoms with Crippen LogP contribution < -0.4 is 5.32 Å². The van der Waals surface area contributed by atoms with Gasteiger partial charge in [-0.3, -0.25) is 15.0 Å². The van der Waals surface area contributed by atoms with Crippen molar-refractivity contribution in [1.29, 1.82) is 0 Å². The van der Waals surface area contributed by atoms with E-state index in [2.05, 4.69) is 30.7 Å². The first-order valence-corrected chi connectivity index (χ1v) is 9.18. The number of nitrogens with one attached hydrogen (secondary N) is 3. The van der Waals surface area contributed by atoms with Crippen LogP contribution in [0.4, 0.5) is 5.69 Å². The molecular weight excluding hydrogens is 366 g/mol. The minimum Gasteiger partial charge on any atom is -0.387 e. The number of H-pyrrole nitrogens is 2. The summed E-state index contributed by atoms with van der Waals surface area (Å²) in [5.74, 6) is 1.27. The Morgan fingerprint density at radius 2 is 2.26 bits per heavy atom. The minimum absolute atomic E-state index is 0.0703. The molecule has 27 heavy (non-hydrogen) atoms. The fraction of sp³-hybridized carbons (Fsp3) is 0.333. The summed E-state index contributed by atoms with van der Waals surface area (Å²) in [5, 5.41) is 18.1. The maximum absolute atomic E-state index is 13.2. The predicted octanol–water partition coefficient (Wildman–Crippen LogP) is 2.57. The Morgan fingerprint density at radius 1 is 1.41 bits per heavy atom. The van der Waals surface area contributed by atoms with Gasteiger partial charge in [0.15, 0.2) is 5.82 Å². The van der Waals surface area contributed by atoms with Gasteiger partial charge in [-0.1, -0.05) is 18.5 Å². The van der Waals surface area contributed by atoms with Crippen LogP contribution in [0.5, 0.6) is 0 Å². The Bertz CT molecular complexity index is 980. The van der Waals surface area contributed by atoms with Gasteiger partial charge in [0.2, 0.25) is 0 Å². The number of aromatic nitrogens is 5. The molecular formula is C18H20ClN7O. The number of hydrogen-bond acceptors (Lipinski definition) is 5. The first kappa shape index (κ1) is 17.5. The van der Waals surface area contributed by atoms with Crippen molar-refractivity contribution in [3.63, 3.8) is 0 Å². The number of rotatable bonds is 4. The molecule has 4 rings (SSSR count). The third kappa shape index (κ3) is 3.16. The molecule has 1 aliphatic rings. The van der Waals surface area contributed by atoms with Gasteiger partial charge in [0, 0.05) is 42.8 Å². The van der Waals surface area contributed by atoms with Gasteiger partial charge in [-0.15, -0.1) is 0 Å². The van der Waals surface area contributed by atoms with Gasteiger partial charge in [0.1, 0.15) is 5.82 Å². The molecule has 8 nitrogen and oxygen atoms in total. The second kappa shape index (κ2) is 7.03. The lowest BCUT2D eigenvalue weighted by molar-refractivity contribution is 0.0724. The fourth-order valence-corrected chi connectivity index (χ4v) is 3.57. The standard InChI is InChI=1S/C18H20ClN7O/c1-3-15-22-17(25-23-15)13-9-26(8-10-7-21-24-16(10)13)18(27)12-5-4-11(19)6-14(12)20-2/h4-7,13,20H,3,8-9H2,1-2H3,(H,21,24)(H,22,23,25). The van der Waals surface area contributed by atoms with Crippen LogP contribution in [-0.4, -0.2) is 49.8 Å². The van der Waals surface area contributed by atoms with Crippen LogP contribution >= 0.6 is 11.6 Å². The molecule has 3 heterocycles. The monoisotopic (exact) mass is 385 g/mol. The minimum atomic E-state index is -0.151. The number of nitrogens with zero attached hydrogens (tertiary/aromatic N) is 4. The summed E-state index contributed by atoms with van der Waals surface area (Å²) in [6.07, 6.45) is 2.53. The molecule has 2 aromatic heterocycles. The van der Waals surface area contributed by atoms with Gasteiger partial charge in [0.05, 0.1) is 23.4 Å². The molecule has 0 aliphatic carbocycles. The van der Waals surface area contributed by atoms with Crippen molar-refractivity contribution >= 4 is 23.2 Å². The number of benzene rings is 1. The second-order valence-corrected chi connectivity index (χ2v) is 6.92. The first-order chi connectivity index (χ1) is 13.1. The fourth-order valence-electron chi connectivity index (χ4n) is 3.40. The summed E-state index contributed by atoms with van der Waals surface area (Å²) in [5.41, 5.74) is 3.22. The summed E-state index contributed by atoms with van der Waals surface area (Å²) in [7, 11) is 1.77. The number of carbonyl (C=O) groups excluding carboxylic acids is 1. The molecule has 0 spiro atoms. The van der Waals surface area contributed by atoms with Gasteiger partial charge >= 0.3 is 0 Å². The van der Waals surface area contributed by atoms with Crippen LogP contribution in [0.15, 0.2) is 24.4 Å². The van der Waals surface area contributed by atoms with E-state index in [4.69, 9.17) is 11.6 Å². The highest BCUT2D eigenvalue weighted by molar-refractivity contribution is 6.31. The third-order valence-electron chi connectivity index (χ3n) is 4.83. The number of halogens is 1. The average molecular weight is 386 g/mol. The van der Waals surface area contributed by atoms with E-state index in [-0.39, 0.29) is 11.8 Å². The van der Waals surface area contributed by atoms with E-state index >= 15 is 0 Å². The predicted molar refractivity (Wildman–Crippen MR) is 102 cm³/mol. The second-order valence-electron chi connectivity index (χ2n) is 6.48. The smallest absolute Gasteiger partial charge is 0.256 e. The molecule has 0 saturated carbocycles. The summed E-state index contributed by atoms with van der Waals surface area (Å²) >= 11 is 6.06. The Hall–Kier alpha value is -2.87.